The molecule has 1 aromatic carbocycles. The van der Waals surface area contributed by atoms with Crippen LogP contribution < -0.4 is 10.2 Å². The molecule has 2 rings (SSSR count). The van der Waals surface area contributed by atoms with Gasteiger partial charge in [0, 0.05) is 0 Å². The third-order valence-electron chi connectivity index (χ3n) is 3.28. The smallest absolute Gasteiger partial charge is 0.351 e. The van der Waals surface area contributed by atoms with Gasteiger partial charge in [-0.15, -0.1) is 23.7 Å². The first kappa shape index (κ1) is 21.7. The van der Waals surface area contributed by atoms with Gasteiger partial charge in [0.05, 0.1) is 31.1 Å². The second-order valence-electron chi connectivity index (χ2n) is 5.86. The number of esters is 1. The van der Waals surface area contributed by atoms with Crippen LogP contribution in [-0.2, 0) is 11.3 Å². The molecule has 7 nitrogen and oxygen atoms in total. The summed E-state index contributed by atoms with van der Waals surface area (Å²) in [6.45, 7) is 5.69. The molecule has 1 aromatic heterocycles. The largest absolute Gasteiger partial charge is 0.504 e. The van der Waals surface area contributed by atoms with Crippen molar-refractivity contribution < 1.29 is 19.4 Å². The summed E-state index contributed by atoms with van der Waals surface area (Å²) in [5, 5.41) is 13.7. The van der Waals surface area contributed by atoms with Gasteiger partial charge in [-0.25, -0.2) is 9.78 Å². The van der Waals surface area contributed by atoms with Crippen LogP contribution >= 0.6 is 23.7 Å². The standard InChI is InChI=1S/C17H21N3O4S.ClH/c1-11-15(25-10-18-11)16(22)24-17(2,3)9-20-19-8-12-5-6-13(21)14(7-12)23-4;/h5-7,9-10,19,21H,8H2,1-4H3;1H/b20-9+;. The highest BCUT2D eigenvalue weighted by Crippen LogP contribution is 2.26. The quantitative estimate of drug-likeness (QED) is 0.421. The number of hydrogen-bond acceptors (Lipinski definition) is 8. The van der Waals surface area contributed by atoms with Gasteiger partial charge in [0.2, 0.25) is 0 Å². The Kier molecular flexibility index (Phi) is 7.85. The number of hydrogen-bond donors (Lipinski definition) is 2. The number of nitrogens with zero attached hydrogens (tertiary/aromatic N) is 2. The number of carbonyl (C=O) groups is 1. The van der Waals surface area contributed by atoms with Crippen molar-refractivity contribution in [3.63, 3.8) is 0 Å². The number of aryl methyl sites for hydroxylation is 1. The van der Waals surface area contributed by atoms with Gasteiger partial charge in [0.25, 0.3) is 0 Å². The Bertz CT molecular complexity index is 777. The lowest BCUT2D eigenvalue weighted by Gasteiger charge is -2.19. The van der Waals surface area contributed by atoms with E-state index in [0.717, 1.165) is 5.56 Å². The highest BCUT2D eigenvalue weighted by Gasteiger charge is 2.24. The Morgan fingerprint density at radius 2 is 2.19 bits per heavy atom. The number of aromatic nitrogens is 1. The van der Waals surface area contributed by atoms with Gasteiger partial charge in [-0.1, -0.05) is 6.07 Å². The molecule has 2 aromatic rings. The number of aromatic hydroxyl groups is 1. The molecule has 0 spiro atoms. The number of ether oxygens (including phenoxy) is 2. The maximum absolute atomic E-state index is 12.1. The first-order chi connectivity index (χ1) is 11.8. The van der Waals surface area contributed by atoms with Crippen molar-refractivity contribution in [2.24, 2.45) is 5.10 Å². The number of benzene rings is 1. The fourth-order valence-corrected chi connectivity index (χ4v) is 2.66. The van der Waals surface area contributed by atoms with Crippen LogP contribution in [0.2, 0.25) is 0 Å². The fourth-order valence-electron chi connectivity index (χ4n) is 1.98. The third-order valence-corrected chi connectivity index (χ3v) is 4.19. The van der Waals surface area contributed by atoms with Crippen molar-refractivity contribution in [2.75, 3.05) is 7.11 Å². The Hall–Kier alpha value is -2.32. The number of thiazole rings is 1. The third kappa shape index (κ3) is 5.89. The van der Waals surface area contributed by atoms with Crippen molar-refractivity contribution in [1.82, 2.24) is 10.4 Å². The maximum Gasteiger partial charge on any atom is 0.351 e. The average Bonchev–Trinajstić information content (AvgIpc) is 2.98. The highest BCUT2D eigenvalue weighted by molar-refractivity contribution is 7.11. The minimum Gasteiger partial charge on any atom is -0.504 e. The van der Waals surface area contributed by atoms with Gasteiger partial charge in [-0.05, 0) is 38.5 Å². The fraction of sp³-hybridized carbons (Fsp3) is 0.353. The van der Waals surface area contributed by atoms with Gasteiger partial charge in [-0.3, -0.25) is 0 Å². The lowest BCUT2D eigenvalue weighted by molar-refractivity contribution is 0.0251. The number of nitrogens with one attached hydrogen (secondary N) is 1. The highest BCUT2D eigenvalue weighted by atomic mass is 35.5. The van der Waals surface area contributed by atoms with E-state index in [-0.39, 0.29) is 18.2 Å². The van der Waals surface area contributed by atoms with Crippen LogP contribution in [0.1, 0.15) is 34.8 Å². The molecule has 0 unspecified atom stereocenters. The van der Waals surface area contributed by atoms with E-state index < -0.39 is 11.6 Å². The van der Waals surface area contributed by atoms with E-state index in [1.807, 2.05) is 0 Å². The minimum absolute atomic E-state index is 0. The number of phenols is 1. The number of rotatable bonds is 7. The first-order valence-corrected chi connectivity index (χ1v) is 8.47. The molecule has 0 aliphatic heterocycles. The Labute approximate surface area is 162 Å². The SMILES string of the molecule is COc1cc(CN/N=C/C(C)(C)OC(=O)c2scnc2C)ccc1O.Cl. The zero-order chi connectivity index (χ0) is 18.4. The predicted octanol–water partition coefficient (Wildman–Crippen LogP) is 3.30. The van der Waals surface area contributed by atoms with Crippen LogP contribution in [-0.4, -0.2) is 35.0 Å². The van der Waals surface area contributed by atoms with Gasteiger partial charge in [-0.2, -0.15) is 5.10 Å². The Balaban J connectivity index is 0.00000338. The number of phenolic OH excluding ortho intramolecular Hbond substituents is 1. The molecule has 0 aliphatic carbocycles. The van der Waals surface area contributed by atoms with E-state index >= 15 is 0 Å². The van der Waals surface area contributed by atoms with Crippen molar-refractivity contribution in [3.05, 3.63) is 39.8 Å². The van der Waals surface area contributed by atoms with E-state index in [1.54, 1.807) is 44.5 Å². The lowest BCUT2D eigenvalue weighted by Crippen LogP contribution is -2.30. The number of hydrazone groups is 1. The summed E-state index contributed by atoms with van der Waals surface area (Å²) in [5.74, 6) is 0.0679. The van der Waals surface area contributed by atoms with Gasteiger partial charge < -0.3 is 20.0 Å². The molecule has 9 heteroatoms. The molecule has 26 heavy (non-hydrogen) atoms. The molecule has 0 aliphatic rings. The second-order valence-corrected chi connectivity index (χ2v) is 6.71. The summed E-state index contributed by atoms with van der Waals surface area (Å²) in [5.41, 5.74) is 5.17. The number of halogens is 1. The van der Waals surface area contributed by atoms with Crippen molar-refractivity contribution in [3.8, 4) is 11.5 Å². The molecule has 0 bridgehead atoms. The predicted molar refractivity (Wildman–Crippen MR) is 104 cm³/mol. The molecule has 1 heterocycles. The van der Waals surface area contributed by atoms with Gasteiger partial charge in [0.15, 0.2) is 11.5 Å². The summed E-state index contributed by atoms with van der Waals surface area (Å²) in [6.07, 6.45) is 1.53. The van der Waals surface area contributed by atoms with Crippen LogP contribution in [0.3, 0.4) is 0 Å². The summed E-state index contributed by atoms with van der Waals surface area (Å²) in [7, 11) is 1.49. The molecular weight excluding hydrogens is 378 g/mol. The average molecular weight is 400 g/mol. The van der Waals surface area contributed by atoms with E-state index in [2.05, 4.69) is 15.5 Å². The summed E-state index contributed by atoms with van der Waals surface area (Å²) in [4.78, 5) is 16.7. The Morgan fingerprint density at radius 3 is 2.81 bits per heavy atom. The first-order valence-electron chi connectivity index (χ1n) is 7.59. The van der Waals surface area contributed by atoms with E-state index in [1.165, 1.54) is 24.7 Å². The number of methoxy groups -OCH3 is 1. The summed E-state index contributed by atoms with van der Waals surface area (Å²) >= 11 is 1.25. The topological polar surface area (TPSA) is 93.0 Å². The van der Waals surface area contributed by atoms with Gasteiger partial charge in [0.1, 0.15) is 10.5 Å². The van der Waals surface area contributed by atoms with Crippen LogP contribution in [0.15, 0.2) is 28.8 Å². The Morgan fingerprint density at radius 1 is 1.46 bits per heavy atom. The van der Waals surface area contributed by atoms with Crippen LogP contribution in [0, 0.1) is 6.92 Å². The minimum atomic E-state index is -0.868. The molecule has 142 valence electrons. The molecule has 2 N–H and O–H groups in total. The van der Waals surface area contributed by atoms with Crippen LogP contribution in [0.25, 0.3) is 0 Å². The molecule has 0 fully saturated rings. The monoisotopic (exact) mass is 399 g/mol. The summed E-state index contributed by atoms with van der Waals surface area (Å²) in [6, 6.07) is 5.04. The lowest BCUT2D eigenvalue weighted by atomic mass is 10.1. The summed E-state index contributed by atoms with van der Waals surface area (Å²) < 4.78 is 10.5. The molecule has 0 saturated heterocycles. The molecular formula is C17H22ClN3O4S. The van der Waals surface area contributed by atoms with E-state index in [4.69, 9.17) is 9.47 Å². The zero-order valence-corrected chi connectivity index (χ0v) is 16.6. The zero-order valence-electron chi connectivity index (χ0n) is 15.0. The van der Waals surface area contributed by atoms with Crippen molar-refractivity contribution >= 4 is 35.9 Å². The van der Waals surface area contributed by atoms with Crippen molar-refractivity contribution in [1.29, 1.82) is 0 Å². The molecule has 0 amide bonds. The maximum atomic E-state index is 12.1. The second kappa shape index (κ2) is 9.40. The van der Waals surface area contributed by atoms with E-state index in [9.17, 15) is 9.90 Å². The van der Waals surface area contributed by atoms with Crippen LogP contribution in [0.4, 0.5) is 0 Å². The molecule has 0 radical (unpaired) electrons. The molecule has 0 atom stereocenters. The number of carbonyl (C=O) groups excluding carboxylic acids is 1. The normalized spacial score (nSPS) is 11.1. The van der Waals surface area contributed by atoms with Gasteiger partial charge >= 0.3 is 5.97 Å². The molecule has 0 saturated carbocycles. The van der Waals surface area contributed by atoms with E-state index in [0.29, 0.717) is 22.9 Å². The van der Waals surface area contributed by atoms with Crippen molar-refractivity contribution in [2.45, 2.75) is 32.9 Å². The van der Waals surface area contributed by atoms with Crippen LogP contribution in [0.5, 0.6) is 11.5 Å².